The SMILES string of the molecule is CCC[C@H](C)NS(=O)(=O)c1cc(C(=O)NN(C)C)c(Cl)cc1Cl. The molecule has 2 N–H and O–H groups in total. The molecule has 1 amide bonds. The fraction of sp³-hybridized carbons (Fsp3) is 0.500. The first-order valence-electron chi connectivity index (χ1n) is 7.08. The maximum absolute atomic E-state index is 12.5. The van der Waals surface area contributed by atoms with Crippen LogP contribution in [0, 0.1) is 0 Å². The Morgan fingerprint density at radius 1 is 1.26 bits per heavy atom. The number of amides is 1. The molecule has 9 heteroatoms. The normalized spacial score (nSPS) is 13.2. The van der Waals surface area contributed by atoms with Gasteiger partial charge in [-0.25, -0.2) is 18.1 Å². The predicted molar refractivity (Wildman–Crippen MR) is 92.3 cm³/mol. The highest BCUT2D eigenvalue weighted by atomic mass is 35.5. The van der Waals surface area contributed by atoms with Crippen LogP contribution in [0.1, 0.15) is 37.0 Å². The third kappa shape index (κ3) is 5.61. The lowest BCUT2D eigenvalue weighted by Crippen LogP contribution is -2.36. The van der Waals surface area contributed by atoms with E-state index in [-0.39, 0.29) is 26.5 Å². The molecule has 0 radical (unpaired) electrons. The zero-order valence-corrected chi connectivity index (χ0v) is 15.8. The number of nitrogens with one attached hydrogen (secondary N) is 2. The van der Waals surface area contributed by atoms with E-state index in [0.717, 1.165) is 6.42 Å². The van der Waals surface area contributed by atoms with Crippen molar-refractivity contribution < 1.29 is 13.2 Å². The molecular weight excluding hydrogens is 361 g/mol. The summed E-state index contributed by atoms with van der Waals surface area (Å²) in [4.78, 5) is 11.9. The number of rotatable bonds is 7. The van der Waals surface area contributed by atoms with Crippen LogP contribution in [0.2, 0.25) is 10.0 Å². The summed E-state index contributed by atoms with van der Waals surface area (Å²) in [6.45, 7) is 3.73. The molecule has 0 bridgehead atoms. The molecule has 0 aliphatic carbocycles. The lowest BCUT2D eigenvalue weighted by atomic mass is 10.2. The quantitative estimate of drug-likeness (QED) is 0.711. The Morgan fingerprint density at radius 2 is 1.87 bits per heavy atom. The topological polar surface area (TPSA) is 78.5 Å². The van der Waals surface area contributed by atoms with Gasteiger partial charge in [0.15, 0.2) is 0 Å². The Morgan fingerprint density at radius 3 is 2.39 bits per heavy atom. The molecular formula is C14H21Cl2N3O3S. The van der Waals surface area contributed by atoms with E-state index < -0.39 is 15.9 Å². The number of carbonyl (C=O) groups is 1. The maximum atomic E-state index is 12.5. The lowest BCUT2D eigenvalue weighted by Gasteiger charge is -2.16. The number of halogens is 2. The number of hydrogen-bond donors (Lipinski definition) is 2. The van der Waals surface area contributed by atoms with E-state index >= 15 is 0 Å². The van der Waals surface area contributed by atoms with Crippen LogP contribution in [-0.2, 0) is 10.0 Å². The monoisotopic (exact) mass is 381 g/mol. The second-order valence-corrected chi connectivity index (χ2v) is 7.91. The summed E-state index contributed by atoms with van der Waals surface area (Å²) in [6.07, 6.45) is 1.53. The maximum Gasteiger partial charge on any atom is 0.267 e. The summed E-state index contributed by atoms with van der Waals surface area (Å²) in [5, 5.41) is 1.48. The number of hydrogen-bond acceptors (Lipinski definition) is 4. The third-order valence-corrected chi connectivity index (χ3v) is 5.33. The van der Waals surface area contributed by atoms with Crippen LogP contribution in [-0.4, -0.2) is 39.5 Å². The smallest absolute Gasteiger partial charge is 0.267 e. The molecule has 1 aromatic rings. The van der Waals surface area contributed by atoms with Crippen molar-refractivity contribution >= 4 is 39.1 Å². The Bertz CT molecular complexity index is 678. The Kier molecular flexibility index (Phi) is 7.29. The van der Waals surface area contributed by atoms with E-state index in [0.29, 0.717) is 6.42 Å². The lowest BCUT2D eigenvalue weighted by molar-refractivity contribution is 0.0857. The molecule has 1 rings (SSSR count). The molecule has 0 aliphatic heterocycles. The first-order valence-corrected chi connectivity index (χ1v) is 9.32. The molecule has 0 saturated carbocycles. The van der Waals surface area contributed by atoms with E-state index in [1.54, 1.807) is 21.0 Å². The summed E-state index contributed by atoms with van der Waals surface area (Å²) < 4.78 is 27.5. The van der Waals surface area contributed by atoms with Crippen molar-refractivity contribution in [2.75, 3.05) is 14.1 Å². The minimum absolute atomic E-state index is 0.0346. The van der Waals surface area contributed by atoms with Crippen molar-refractivity contribution in [1.29, 1.82) is 0 Å². The highest BCUT2D eigenvalue weighted by Gasteiger charge is 2.24. The molecule has 0 spiro atoms. The minimum Gasteiger partial charge on any atom is -0.285 e. The number of nitrogens with zero attached hydrogens (tertiary/aromatic N) is 1. The van der Waals surface area contributed by atoms with Crippen LogP contribution in [0.4, 0.5) is 0 Å². The molecule has 23 heavy (non-hydrogen) atoms. The standard InChI is InChI=1S/C14H21Cl2N3O3S/c1-5-6-9(2)18-23(21,22)13-7-10(11(15)8-12(13)16)14(20)17-19(3)4/h7-9,18H,5-6H2,1-4H3,(H,17,20)/t9-/m0/s1. The van der Waals surface area contributed by atoms with Crippen LogP contribution in [0.5, 0.6) is 0 Å². The van der Waals surface area contributed by atoms with Gasteiger partial charge < -0.3 is 0 Å². The third-order valence-electron chi connectivity index (χ3n) is 2.96. The van der Waals surface area contributed by atoms with E-state index in [9.17, 15) is 13.2 Å². The van der Waals surface area contributed by atoms with Gasteiger partial charge in [-0.3, -0.25) is 10.2 Å². The zero-order chi connectivity index (χ0) is 17.8. The average Bonchev–Trinajstić information content (AvgIpc) is 2.36. The highest BCUT2D eigenvalue weighted by Crippen LogP contribution is 2.29. The second-order valence-electron chi connectivity index (χ2n) is 5.41. The highest BCUT2D eigenvalue weighted by molar-refractivity contribution is 7.89. The zero-order valence-electron chi connectivity index (χ0n) is 13.5. The molecule has 130 valence electrons. The molecule has 1 aromatic carbocycles. The van der Waals surface area contributed by atoms with Crippen molar-refractivity contribution in [2.24, 2.45) is 0 Å². The molecule has 0 unspecified atom stereocenters. The van der Waals surface area contributed by atoms with Crippen molar-refractivity contribution in [3.05, 3.63) is 27.7 Å². The van der Waals surface area contributed by atoms with E-state index in [1.807, 2.05) is 6.92 Å². The summed E-state index contributed by atoms with van der Waals surface area (Å²) in [5.74, 6) is -0.519. The van der Waals surface area contributed by atoms with Gasteiger partial charge in [0, 0.05) is 20.1 Å². The average molecular weight is 382 g/mol. The van der Waals surface area contributed by atoms with Gasteiger partial charge in [-0.15, -0.1) is 0 Å². The summed E-state index contributed by atoms with van der Waals surface area (Å²) in [6, 6.07) is 2.20. The predicted octanol–water partition coefficient (Wildman–Crippen LogP) is 2.67. The Balaban J connectivity index is 3.24. The second kappa shape index (κ2) is 8.30. The van der Waals surface area contributed by atoms with Gasteiger partial charge in [0.1, 0.15) is 4.90 Å². The van der Waals surface area contributed by atoms with Crippen LogP contribution < -0.4 is 10.1 Å². The van der Waals surface area contributed by atoms with Crippen LogP contribution in [0.3, 0.4) is 0 Å². The summed E-state index contributed by atoms with van der Waals surface area (Å²) >= 11 is 12.0. The van der Waals surface area contributed by atoms with Gasteiger partial charge in [0.05, 0.1) is 15.6 Å². The molecule has 0 heterocycles. The van der Waals surface area contributed by atoms with Gasteiger partial charge in [-0.1, -0.05) is 36.5 Å². The van der Waals surface area contributed by atoms with Crippen molar-refractivity contribution in [3.8, 4) is 0 Å². The molecule has 0 fully saturated rings. The van der Waals surface area contributed by atoms with E-state index in [4.69, 9.17) is 23.2 Å². The Labute approximate surface area is 147 Å². The largest absolute Gasteiger partial charge is 0.285 e. The molecule has 0 aliphatic rings. The first kappa shape index (κ1) is 20.2. The number of benzene rings is 1. The molecule has 0 aromatic heterocycles. The minimum atomic E-state index is -3.85. The van der Waals surface area contributed by atoms with Gasteiger partial charge >= 0.3 is 0 Å². The van der Waals surface area contributed by atoms with Gasteiger partial charge in [0.25, 0.3) is 5.91 Å². The van der Waals surface area contributed by atoms with Gasteiger partial charge in [-0.05, 0) is 25.5 Å². The summed E-state index contributed by atoms with van der Waals surface area (Å²) in [5.41, 5.74) is 2.55. The van der Waals surface area contributed by atoms with Crippen LogP contribution in [0.25, 0.3) is 0 Å². The van der Waals surface area contributed by atoms with E-state index in [2.05, 4.69) is 10.1 Å². The van der Waals surface area contributed by atoms with Crippen molar-refractivity contribution in [1.82, 2.24) is 15.2 Å². The number of hydrazine groups is 1. The number of sulfonamides is 1. The number of carbonyl (C=O) groups excluding carboxylic acids is 1. The first-order chi connectivity index (χ1) is 10.6. The van der Waals surface area contributed by atoms with Crippen LogP contribution >= 0.6 is 23.2 Å². The fourth-order valence-corrected chi connectivity index (χ4v) is 4.13. The fourth-order valence-electron chi connectivity index (χ4n) is 1.99. The summed E-state index contributed by atoms with van der Waals surface area (Å²) in [7, 11) is -0.583. The molecule has 1 atom stereocenters. The Hall–Kier alpha value is -0.860. The van der Waals surface area contributed by atoms with Gasteiger partial charge in [0.2, 0.25) is 10.0 Å². The van der Waals surface area contributed by atoms with Crippen LogP contribution in [0.15, 0.2) is 17.0 Å². The molecule has 0 saturated heterocycles. The van der Waals surface area contributed by atoms with Crippen molar-refractivity contribution in [3.63, 3.8) is 0 Å². The molecule has 6 nitrogen and oxygen atoms in total. The van der Waals surface area contributed by atoms with Gasteiger partial charge in [-0.2, -0.15) is 0 Å². The van der Waals surface area contributed by atoms with E-state index in [1.165, 1.54) is 17.1 Å². The van der Waals surface area contributed by atoms with Crippen molar-refractivity contribution in [2.45, 2.75) is 37.6 Å².